The van der Waals surface area contributed by atoms with Crippen LogP contribution in [-0.2, 0) is 0 Å². The highest BCUT2D eigenvalue weighted by Gasteiger charge is 2.15. The lowest BCUT2D eigenvalue weighted by Crippen LogP contribution is -2.06. The molecule has 0 bridgehead atoms. The average Bonchev–Trinajstić information content (AvgIpc) is 2.28. The number of carbonyl (C=O) groups is 1. The number of unbranched alkanes of at least 4 members (excludes halogenated alkanes) is 1. The first-order chi connectivity index (χ1) is 8.06. The van der Waals surface area contributed by atoms with Gasteiger partial charge in [0.05, 0.1) is 10.5 Å². The van der Waals surface area contributed by atoms with Gasteiger partial charge in [-0.25, -0.2) is 4.79 Å². The zero-order valence-electron chi connectivity index (χ0n) is 9.47. The number of nitrogens with zero attached hydrogens (tertiary/aromatic N) is 1. The number of nitro benzene ring substituents is 1. The smallest absolute Gasteiger partial charge is 0.335 e. The molecule has 6 heteroatoms. The molecule has 0 spiro atoms. The van der Waals surface area contributed by atoms with E-state index in [1.54, 1.807) is 0 Å². The second-order valence-corrected chi connectivity index (χ2v) is 3.57. The van der Waals surface area contributed by atoms with E-state index in [9.17, 15) is 14.9 Å². The lowest BCUT2D eigenvalue weighted by atomic mass is 10.1. The highest BCUT2D eigenvalue weighted by atomic mass is 16.6. The summed E-state index contributed by atoms with van der Waals surface area (Å²) >= 11 is 0. The summed E-state index contributed by atoms with van der Waals surface area (Å²) in [5, 5.41) is 22.5. The van der Waals surface area contributed by atoms with E-state index in [1.807, 2.05) is 6.92 Å². The van der Waals surface area contributed by atoms with Crippen LogP contribution in [0.1, 0.15) is 30.1 Å². The predicted molar refractivity (Wildman–Crippen MR) is 63.5 cm³/mol. The SMILES string of the molecule is CCCCNc1cc(C(=O)O)ccc1[N+](=O)[O-]. The maximum atomic E-state index is 10.8. The van der Waals surface area contributed by atoms with Crippen molar-refractivity contribution >= 4 is 17.3 Å². The fraction of sp³-hybridized carbons (Fsp3) is 0.364. The first kappa shape index (κ1) is 13.0. The molecule has 0 unspecified atom stereocenters. The van der Waals surface area contributed by atoms with Gasteiger partial charge >= 0.3 is 5.97 Å². The average molecular weight is 238 g/mol. The van der Waals surface area contributed by atoms with Crippen molar-refractivity contribution in [1.82, 2.24) is 0 Å². The highest BCUT2D eigenvalue weighted by Crippen LogP contribution is 2.25. The largest absolute Gasteiger partial charge is 0.478 e. The monoisotopic (exact) mass is 238 g/mol. The van der Waals surface area contributed by atoms with Crippen LogP contribution in [0, 0.1) is 10.1 Å². The zero-order valence-corrected chi connectivity index (χ0v) is 9.47. The van der Waals surface area contributed by atoms with Crippen LogP contribution in [0.3, 0.4) is 0 Å². The first-order valence-corrected chi connectivity index (χ1v) is 5.32. The number of hydrogen-bond acceptors (Lipinski definition) is 4. The van der Waals surface area contributed by atoms with Gasteiger partial charge in [-0.05, 0) is 18.6 Å². The summed E-state index contributed by atoms with van der Waals surface area (Å²) in [4.78, 5) is 21.0. The van der Waals surface area contributed by atoms with Gasteiger partial charge in [-0.2, -0.15) is 0 Å². The predicted octanol–water partition coefficient (Wildman–Crippen LogP) is 2.50. The van der Waals surface area contributed by atoms with E-state index >= 15 is 0 Å². The quantitative estimate of drug-likeness (QED) is 0.451. The Bertz CT molecular complexity index is 431. The van der Waals surface area contributed by atoms with Crippen molar-refractivity contribution in [3.63, 3.8) is 0 Å². The van der Waals surface area contributed by atoms with Gasteiger partial charge in [-0.1, -0.05) is 13.3 Å². The fourth-order valence-corrected chi connectivity index (χ4v) is 1.37. The van der Waals surface area contributed by atoms with Crippen LogP contribution in [0.5, 0.6) is 0 Å². The Morgan fingerprint density at radius 2 is 2.24 bits per heavy atom. The molecular formula is C11H14N2O4. The summed E-state index contributed by atoms with van der Waals surface area (Å²) in [7, 11) is 0. The normalized spacial score (nSPS) is 9.94. The summed E-state index contributed by atoms with van der Waals surface area (Å²) in [5.74, 6) is -1.10. The summed E-state index contributed by atoms with van der Waals surface area (Å²) in [6.45, 7) is 2.59. The van der Waals surface area contributed by atoms with E-state index < -0.39 is 10.9 Å². The van der Waals surface area contributed by atoms with E-state index in [-0.39, 0.29) is 16.9 Å². The summed E-state index contributed by atoms with van der Waals surface area (Å²) in [6, 6.07) is 3.72. The van der Waals surface area contributed by atoms with Crippen molar-refractivity contribution in [2.45, 2.75) is 19.8 Å². The van der Waals surface area contributed by atoms with E-state index in [4.69, 9.17) is 5.11 Å². The van der Waals surface area contributed by atoms with Gasteiger partial charge in [0.15, 0.2) is 0 Å². The molecule has 92 valence electrons. The second kappa shape index (κ2) is 5.83. The molecule has 1 rings (SSSR count). The minimum absolute atomic E-state index is 0.0367. The van der Waals surface area contributed by atoms with Gasteiger partial charge in [0.25, 0.3) is 5.69 Å². The van der Waals surface area contributed by atoms with E-state index in [0.29, 0.717) is 6.54 Å². The number of hydrogen-bond donors (Lipinski definition) is 2. The standard InChI is InChI=1S/C11H14N2O4/c1-2-3-6-12-9-7-8(11(14)15)4-5-10(9)13(16)17/h4-5,7,12H,2-3,6H2,1H3,(H,14,15). The topological polar surface area (TPSA) is 92.5 Å². The van der Waals surface area contributed by atoms with Crippen molar-refractivity contribution in [3.05, 3.63) is 33.9 Å². The number of rotatable bonds is 6. The minimum atomic E-state index is -1.10. The molecule has 0 aliphatic rings. The fourth-order valence-electron chi connectivity index (χ4n) is 1.37. The molecule has 0 aliphatic heterocycles. The van der Waals surface area contributed by atoms with Crippen LogP contribution in [0.4, 0.5) is 11.4 Å². The molecule has 0 fully saturated rings. The Morgan fingerprint density at radius 3 is 2.76 bits per heavy atom. The number of carboxylic acids is 1. The lowest BCUT2D eigenvalue weighted by molar-refractivity contribution is -0.384. The molecule has 0 saturated heterocycles. The van der Waals surface area contributed by atoms with Crippen LogP contribution >= 0.6 is 0 Å². The molecule has 2 N–H and O–H groups in total. The van der Waals surface area contributed by atoms with Crippen molar-refractivity contribution in [2.24, 2.45) is 0 Å². The van der Waals surface area contributed by atoms with Gasteiger partial charge in [0, 0.05) is 12.6 Å². The third kappa shape index (κ3) is 3.44. The number of anilines is 1. The van der Waals surface area contributed by atoms with E-state index in [2.05, 4.69) is 5.32 Å². The Hall–Kier alpha value is -2.11. The van der Waals surface area contributed by atoms with Gasteiger partial charge in [0.1, 0.15) is 5.69 Å². The van der Waals surface area contributed by atoms with E-state index in [0.717, 1.165) is 12.8 Å². The molecule has 0 saturated carbocycles. The molecule has 0 heterocycles. The van der Waals surface area contributed by atoms with Crippen LogP contribution in [0.15, 0.2) is 18.2 Å². The Kier molecular flexibility index (Phi) is 4.45. The molecule has 0 radical (unpaired) electrons. The molecule has 0 aliphatic carbocycles. The second-order valence-electron chi connectivity index (χ2n) is 3.57. The van der Waals surface area contributed by atoms with Gasteiger partial charge in [-0.15, -0.1) is 0 Å². The number of nitrogens with one attached hydrogen (secondary N) is 1. The van der Waals surface area contributed by atoms with Gasteiger partial charge < -0.3 is 10.4 Å². The summed E-state index contributed by atoms with van der Waals surface area (Å²) in [6.07, 6.45) is 1.83. The molecular weight excluding hydrogens is 224 g/mol. The summed E-state index contributed by atoms with van der Waals surface area (Å²) in [5.41, 5.74) is 0.184. The van der Waals surface area contributed by atoms with Crippen LogP contribution in [0.2, 0.25) is 0 Å². The van der Waals surface area contributed by atoms with Gasteiger partial charge in [-0.3, -0.25) is 10.1 Å². The van der Waals surface area contributed by atoms with E-state index in [1.165, 1.54) is 18.2 Å². The Labute approximate surface area is 98.4 Å². The molecule has 1 aromatic rings. The van der Waals surface area contributed by atoms with Crippen LogP contribution < -0.4 is 5.32 Å². The highest BCUT2D eigenvalue weighted by molar-refractivity contribution is 5.90. The number of aromatic carboxylic acids is 1. The lowest BCUT2D eigenvalue weighted by Gasteiger charge is -2.07. The molecule has 0 aromatic heterocycles. The van der Waals surface area contributed by atoms with Gasteiger partial charge in [0.2, 0.25) is 0 Å². The third-order valence-corrected chi connectivity index (χ3v) is 2.29. The van der Waals surface area contributed by atoms with Crippen molar-refractivity contribution < 1.29 is 14.8 Å². The van der Waals surface area contributed by atoms with Crippen LogP contribution in [-0.4, -0.2) is 22.5 Å². The van der Waals surface area contributed by atoms with Crippen molar-refractivity contribution in [3.8, 4) is 0 Å². The third-order valence-electron chi connectivity index (χ3n) is 2.29. The van der Waals surface area contributed by atoms with Crippen molar-refractivity contribution in [2.75, 3.05) is 11.9 Å². The maximum Gasteiger partial charge on any atom is 0.335 e. The molecule has 0 amide bonds. The number of carboxylic acid groups (broad SMARTS) is 1. The Balaban J connectivity index is 2.98. The zero-order chi connectivity index (χ0) is 12.8. The molecule has 0 atom stereocenters. The molecule has 1 aromatic carbocycles. The maximum absolute atomic E-state index is 10.8. The Morgan fingerprint density at radius 1 is 1.53 bits per heavy atom. The van der Waals surface area contributed by atoms with Crippen molar-refractivity contribution in [1.29, 1.82) is 0 Å². The molecule has 17 heavy (non-hydrogen) atoms. The van der Waals surface area contributed by atoms with Crippen LogP contribution in [0.25, 0.3) is 0 Å². The molecule has 6 nitrogen and oxygen atoms in total. The number of benzene rings is 1. The minimum Gasteiger partial charge on any atom is -0.478 e. The number of nitro groups is 1. The first-order valence-electron chi connectivity index (χ1n) is 5.32. The summed E-state index contributed by atoms with van der Waals surface area (Å²) < 4.78 is 0.